The molecule has 0 spiro atoms. The second-order valence-electron chi connectivity index (χ2n) is 8.93. The highest BCUT2D eigenvalue weighted by Gasteiger charge is 2.58. The van der Waals surface area contributed by atoms with Crippen LogP contribution in [0.25, 0.3) is 0 Å². The van der Waals surface area contributed by atoms with E-state index in [1.807, 2.05) is 27.7 Å². The molecule has 0 aliphatic heterocycles. The molecule has 6 nitrogen and oxygen atoms in total. The second-order valence-corrected chi connectivity index (χ2v) is 8.93. The molecule has 0 saturated heterocycles. The molecule has 0 heterocycles. The third kappa shape index (κ3) is 7.27. The molecule has 0 amide bonds. The summed E-state index contributed by atoms with van der Waals surface area (Å²) in [5, 5.41) is 17.4. The number of allylic oxidation sites excluding steroid dienone is 2. The predicted octanol–water partition coefficient (Wildman–Crippen LogP) is 6.33. The molecule has 0 rings (SSSR count). The van der Waals surface area contributed by atoms with Crippen molar-refractivity contribution in [3.8, 4) is 0 Å². The van der Waals surface area contributed by atoms with E-state index in [4.69, 9.17) is 5.26 Å². The van der Waals surface area contributed by atoms with E-state index in [-0.39, 0.29) is 6.42 Å². The molecule has 0 bridgehead atoms. The predicted molar refractivity (Wildman–Crippen MR) is 114 cm³/mol. The Labute approximate surface area is 175 Å². The molecule has 168 valence electrons. The second kappa shape index (κ2) is 12.8. The Morgan fingerprint density at radius 1 is 0.759 bits per heavy atom. The lowest BCUT2D eigenvalue weighted by Gasteiger charge is -2.51. The fraction of sp³-hybridized carbons (Fsp3) is 0.739. The van der Waals surface area contributed by atoms with Crippen molar-refractivity contribution in [2.45, 2.75) is 91.9 Å². The molecule has 0 aromatic heterocycles. The highest BCUT2D eigenvalue weighted by molar-refractivity contribution is 5.79. The van der Waals surface area contributed by atoms with Crippen LogP contribution in [0.4, 0.5) is 0 Å². The largest absolute Gasteiger partial charge is 0.349 e. The summed E-state index contributed by atoms with van der Waals surface area (Å²) in [5.41, 5.74) is -2.17. The van der Waals surface area contributed by atoms with Crippen LogP contribution >= 0.6 is 0 Å². The lowest BCUT2D eigenvalue weighted by atomic mass is 9.51. The van der Waals surface area contributed by atoms with Crippen LogP contribution in [-0.2, 0) is 19.4 Å². The first-order valence-electron chi connectivity index (χ1n) is 10.5. The maximum absolute atomic E-state index is 12.8. The van der Waals surface area contributed by atoms with Crippen molar-refractivity contribution in [2.75, 3.05) is 0 Å². The van der Waals surface area contributed by atoms with Gasteiger partial charge in [-0.3, -0.25) is 0 Å². The average Bonchev–Trinajstić information content (AvgIpc) is 2.70. The van der Waals surface area contributed by atoms with Gasteiger partial charge in [0.2, 0.25) is 0 Å². The van der Waals surface area contributed by atoms with E-state index in [0.717, 1.165) is 51.4 Å². The molecule has 0 aliphatic rings. The highest BCUT2D eigenvalue weighted by Crippen LogP contribution is 2.57. The van der Waals surface area contributed by atoms with Crippen LogP contribution in [0.3, 0.4) is 0 Å². The standard InChI is InChI=1S/C23H40O6/c1-7-21(3,4)23(20(25)29-27,22(5,6)8-2)18-16-14-12-10-9-11-13-15-17-19(24)28-26/h7-8,26-27H,1-2,9-18H2,3-6H3. The molecule has 0 unspecified atom stereocenters. The van der Waals surface area contributed by atoms with Gasteiger partial charge >= 0.3 is 11.9 Å². The van der Waals surface area contributed by atoms with Gasteiger partial charge in [-0.05, 0) is 23.7 Å². The van der Waals surface area contributed by atoms with Crippen LogP contribution in [0.1, 0.15) is 91.9 Å². The third-order valence-electron chi connectivity index (χ3n) is 6.44. The van der Waals surface area contributed by atoms with Crippen LogP contribution in [-0.4, -0.2) is 22.5 Å². The maximum atomic E-state index is 12.8. The summed E-state index contributed by atoms with van der Waals surface area (Å²) in [6, 6.07) is 0. The van der Waals surface area contributed by atoms with Gasteiger partial charge in [0.1, 0.15) is 0 Å². The minimum absolute atomic E-state index is 0.248. The van der Waals surface area contributed by atoms with E-state index in [9.17, 15) is 14.8 Å². The van der Waals surface area contributed by atoms with Crippen molar-refractivity contribution < 1.29 is 29.9 Å². The van der Waals surface area contributed by atoms with Gasteiger partial charge in [-0.25, -0.2) is 9.59 Å². The highest BCUT2D eigenvalue weighted by atomic mass is 17.1. The third-order valence-corrected chi connectivity index (χ3v) is 6.44. The molecule has 2 N–H and O–H groups in total. The first-order valence-corrected chi connectivity index (χ1v) is 10.5. The molecule has 6 heteroatoms. The number of carbonyl (C=O) groups excluding carboxylic acids is 2. The summed E-state index contributed by atoms with van der Waals surface area (Å²) in [7, 11) is 0. The summed E-state index contributed by atoms with van der Waals surface area (Å²) in [6.07, 6.45) is 12.0. The molecule has 29 heavy (non-hydrogen) atoms. The number of hydrogen-bond donors (Lipinski definition) is 2. The summed E-state index contributed by atoms with van der Waals surface area (Å²) < 4.78 is 0. The zero-order chi connectivity index (χ0) is 22.6. The molecule has 0 saturated carbocycles. The van der Waals surface area contributed by atoms with Crippen LogP contribution in [0.2, 0.25) is 0 Å². The monoisotopic (exact) mass is 412 g/mol. The SMILES string of the molecule is C=CC(C)(C)C(CCCCCCCCCCC(=O)OO)(C(=O)OO)C(C)(C)C=C. The van der Waals surface area contributed by atoms with Crippen molar-refractivity contribution in [3.05, 3.63) is 25.3 Å². The quantitative estimate of drug-likeness (QED) is 0.133. The minimum Gasteiger partial charge on any atom is -0.301 e. The number of carbonyl (C=O) groups is 2. The Bertz CT molecular complexity index is 515. The average molecular weight is 413 g/mol. The van der Waals surface area contributed by atoms with Gasteiger partial charge in [0, 0.05) is 6.42 Å². The van der Waals surface area contributed by atoms with Gasteiger partial charge in [0.05, 0.1) is 5.41 Å². The van der Waals surface area contributed by atoms with E-state index >= 15 is 0 Å². The Morgan fingerprint density at radius 2 is 1.17 bits per heavy atom. The van der Waals surface area contributed by atoms with Crippen LogP contribution in [0, 0.1) is 16.2 Å². The summed E-state index contributed by atoms with van der Waals surface area (Å²) >= 11 is 0. The van der Waals surface area contributed by atoms with Crippen LogP contribution in [0.15, 0.2) is 25.3 Å². The first kappa shape index (κ1) is 27.3. The van der Waals surface area contributed by atoms with E-state index in [1.54, 1.807) is 12.2 Å². The van der Waals surface area contributed by atoms with Crippen molar-refractivity contribution in [3.63, 3.8) is 0 Å². The van der Waals surface area contributed by atoms with Gasteiger partial charge in [0.15, 0.2) is 0 Å². The summed E-state index contributed by atoms with van der Waals surface area (Å²) in [6.45, 7) is 15.6. The molecule has 0 fully saturated rings. The molecular weight excluding hydrogens is 372 g/mol. The van der Waals surface area contributed by atoms with Gasteiger partial charge < -0.3 is 9.78 Å². The van der Waals surface area contributed by atoms with Gasteiger partial charge in [-0.2, -0.15) is 10.5 Å². The van der Waals surface area contributed by atoms with E-state index in [1.165, 1.54) is 0 Å². The van der Waals surface area contributed by atoms with Crippen molar-refractivity contribution >= 4 is 11.9 Å². The maximum Gasteiger partial charge on any atom is 0.349 e. The Hall–Kier alpha value is -1.66. The summed E-state index contributed by atoms with van der Waals surface area (Å²) in [4.78, 5) is 31.5. The molecule has 0 aromatic carbocycles. The fourth-order valence-electron chi connectivity index (χ4n) is 4.30. The number of rotatable bonds is 16. The zero-order valence-electron chi connectivity index (χ0n) is 18.7. The number of hydrogen-bond acceptors (Lipinski definition) is 6. The summed E-state index contributed by atoms with van der Waals surface area (Å²) in [5.74, 6) is -1.23. The van der Waals surface area contributed by atoms with Crippen molar-refractivity contribution in [2.24, 2.45) is 16.2 Å². The number of unbranched alkanes of at least 4 members (excludes halogenated alkanes) is 7. The topological polar surface area (TPSA) is 93.1 Å². The molecule has 0 aliphatic carbocycles. The molecule has 0 atom stereocenters. The van der Waals surface area contributed by atoms with E-state index in [2.05, 4.69) is 22.9 Å². The molecular formula is C23H40O6. The lowest BCUT2D eigenvalue weighted by Crippen LogP contribution is -2.53. The zero-order valence-corrected chi connectivity index (χ0v) is 18.7. The van der Waals surface area contributed by atoms with Gasteiger partial charge in [-0.1, -0.05) is 84.8 Å². The van der Waals surface area contributed by atoms with Crippen LogP contribution < -0.4 is 0 Å². The smallest absolute Gasteiger partial charge is 0.301 e. The first-order chi connectivity index (χ1) is 13.6. The van der Waals surface area contributed by atoms with E-state index in [0.29, 0.717) is 6.42 Å². The van der Waals surface area contributed by atoms with E-state index < -0.39 is 28.2 Å². The van der Waals surface area contributed by atoms with Crippen LogP contribution in [0.5, 0.6) is 0 Å². The Morgan fingerprint density at radius 3 is 1.55 bits per heavy atom. The Kier molecular flexibility index (Phi) is 12.1. The molecule has 0 radical (unpaired) electrons. The lowest BCUT2D eigenvalue weighted by molar-refractivity contribution is -0.257. The van der Waals surface area contributed by atoms with Gasteiger partial charge in [-0.15, -0.1) is 13.2 Å². The van der Waals surface area contributed by atoms with Crippen molar-refractivity contribution in [1.82, 2.24) is 0 Å². The fourth-order valence-corrected chi connectivity index (χ4v) is 4.30. The van der Waals surface area contributed by atoms with Gasteiger partial charge in [0.25, 0.3) is 0 Å². The van der Waals surface area contributed by atoms with Crippen molar-refractivity contribution in [1.29, 1.82) is 0 Å². The normalized spacial score (nSPS) is 12.3. The molecule has 0 aromatic rings. The Balaban J connectivity index is 4.67. The minimum atomic E-state index is -0.973.